The van der Waals surface area contributed by atoms with Crippen LogP contribution in [-0.2, 0) is 42.8 Å². The van der Waals surface area contributed by atoms with E-state index in [-0.39, 0.29) is 31.1 Å². The fourth-order valence-corrected chi connectivity index (χ4v) is 5.99. The lowest BCUT2D eigenvalue weighted by Crippen LogP contribution is -2.61. The minimum absolute atomic E-state index is 0.0334. The number of hydrogen-bond donors (Lipinski definition) is 5. The average molecular weight is 651 g/mol. The number of benzene rings is 1. The predicted octanol–water partition coefficient (Wildman–Crippen LogP) is 0.923. The average Bonchev–Trinajstić information content (AvgIpc) is 3.36. The molecule has 46 heavy (non-hydrogen) atoms. The molecule has 254 valence electrons. The number of fused-ring (bicyclic) bond motifs is 1. The number of aliphatic hydroxyl groups excluding tert-OH is 3. The first-order valence-electron chi connectivity index (χ1n) is 15.1. The Bertz CT molecular complexity index is 1280. The lowest BCUT2D eigenvalue weighted by Gasteiger charge is -2.43. The summed E-state index contributed by atoms with van der Waals surface area (Å²) in [5.74, 6) is -3.34. The second kappa shape index (κ2) is 15.4. The van der Waals surface area contributed by atoms with Crippen LogP contribution in [0, 0.1) is 17.8 Å². The van der Waals surface area contributed by atoms with Gasteiger partial charge >= 0.3 is 17.9 Å². The van der Waals surface area contributed by atoms with Crippen LogP contribution in [0.4, 0.5) is 0 Å². The Balaban J connectivity index is 1.52. The molecule has 5 N–H and O–H groups in total. The summed E-state index contributed by atoms with van der Waals surface area (Å²) in [6.45, 7) is 3.35. The summed E-state index contributed by atoms with van der Waals surface area (Å²) in [6, 6.07) is 6.00. The maximum absolute atomic E-state index is 12.8. The number of phenolic OH excluding ortho intramolecular Hbond substituents is 1. The summed E-state index contributed by atoms with van der Waals surface area (Å²) in [7, 11) is 0. The van der Waals surface area contributed by atoms with Gasteiger partial charge in [-0.15, -0.1) is 0 Å². The van der Waals surface area contributed by atoms with Crippen molar-refractivity contribution in [1.82, 2.24) is 0 Å². The molecule has 0 spiro atoms. The third-order valence-corrected chi connectivity index (χ3v) is 8.23. The molecule has 2 heterocycles. The molecule has 0 bridgehead atoms. The molecule has 14 nitrogen and oxygen atoms in total. The van der Waals surface area contributed by atoms with E-state index in [2.05, 4.69) is 0 Å². The molecular weight excluding hydrogens is 608 g/mol. The van der Waals surface area contributed by atoms with E-state index in [0.717, 1.165) is 13.0 Å². The Morgan fingerprint density at radius 2 is 1.78 bits per heavy atom. The molecule has 1 aliphatic carbocycles. The fourth-order valence-electron chi connectivity index (χ4n) is 5.99. The highest BCUT2D eigenvalue weighted by Gasteiger charge is 2.56. The third-order valence-electron chi connectivity index (χ3n) is 8.23. The number of rotatable bonds is 12. The van der Waals surface area contributed by atoms with E-state index in [1.165, 1.54) is 24.5 Å². The fraction of sp³-hybridized carbons (Fsp3) is 0.594. The van der Waals surface area contributed by atoms with Gasteiger partial charge in [0.1, 0.15) is 18.0 Å². The van der Waals surface area contributed by atoms with Gasteiger partial charge < -0.3 is 54.0 Å². The first-order valence-corrected chi connectivity index (χ1v) is 15.1. The van der Waals surface area contributed by atoms with Gasteiger partial charge in [-0.3, -0.25) is 9.59 Å². The molecule has 0 amide bonds. The van der Waals surface area contributed by atoms with E-state index in [1.807, 2.05) is 13.8 Å². The number of ether oxygens (including phenoxy) is 6. The summed E-state index contributed by atoms with van der Waals surface area (Å²) < 4.78 is 33.8. The number of aromatic hydroxyl groups is 1. The van der Waals surface area contributed by atoms with Crippen LogP contribution in [0.2, 0.25) is 0 Å². The van der Waals surface area contributed by atoms with Crippen LogP contribution in [0.25, 0.3) is 6.08 Å². The number of carbonyl (C=O) groups is 3. The number of carbonyl (C=O) groups excluding carboxylic acids is 3. The number of hydrogen-bond acceptors (Lipinski definition) is 14. The van der Waals surface area contributed by atoms with E-state index in [1.54, 1.807) is 12.1 Å². The highest BCUT2D eigenvalue weighted by atomic mass is 16.7. The van der Waals surface area contributed by atoms with Crippen molar-refractivity contribution in [2.45, 2.75) is 82.6 Å². The van der Waals surface area contributed by atoms with Crippen molar-refractivity contribution in [3.8, 4) is 5.75 Å². The van der Waals surface area contributed by atoms with Crippen LogP contribution in [-0.4, -0.2) is 106 Å². The number of aliphatic hydroxyl groups is 4. The van der Waals surface area contributed by atoms with Gasteiger partial charge in [0, 0.05) is 19.4 Å². The monoisotopic (exact) mass is 650 g/mol. The van der Waals surface area contributed by atoms with Crippen molar-refractivity contribution in [3.63, 3.8) is 0 Å². The van der Waals surface area contributed by atoms with Gasteiger partial charge in [0.15, 0.2) is 18.5 Å². The summed E-state index contributed by atoms with van der Waals surface area (Å²) >= 11 is 0. The molecule has 1 aromatic carbocycles. The lowest BCUT2D eigenvalue weighted by molar-refractivity contribution is -0.304. The van der Waals surface area contributed by atoms with Crippen LogP contribution < -0.4 is 0 Å². The SMILES string of the molecule is CC(=O)O[C@H]1[C@@H](O)[C@@H](OC(=O)C=Cc2ccc(O)cc2)[C@H](OCC2=CO[C@H](OC(=O)CC(C)C)[C@@H]3[C@H]2CC[C@]3(O)CO)O[C@H]1CO. The molecule has 0 aromatic heterocycles. The molecule has 1 aromatic rings. The quantitative estimate of drug-likeness (QED) is 0.121. The van der Waals surface area contributed by atoms with Gasteiger partial charge in [-0.05, 0) is 54.0 Å². The van der Waals surface area contributed by atoms with Crippen LogP contribution in [0.5, 0.6) is 5.75 Å². The van der Waals surface area contributed by atoms with Gasteiger partial charge in [-0.25, -0.2) is 4.79 Å². The molecule has 3 aliphatic rings. The first-order chi connectivity index (χ1) is 21.8. The molecule has 4 rings (SSSR count). The highest BCUT2D eigenvalue weighted by Crippen LogP contribution is 2.49. The second-order valence-corrected chi connectivity index (χ2v) is 12.1. The minimum Gasteiger partial charge on any atom is -0.508 e. The van der Waals surface area contributed by atoms with E-state index in [0.29, 0.717) is 17.6 Å². The Hall–Kier alpha value is -3.53. The molecule has 1 saturated carbocycles. The Kier molecular flexibility index (Phi) is 11.8. The van der Waals surface area contributed by atoms with Gasteiger partial charge in [-0.1, -0.05) is 26.0 Å². The number of esters is 3. The van der Waals surface area contributed by atoms with E-state index >= 15 is 0 Å². The third kappa shape index (κ3) is 8.43. The molecule has 2 fully saturated rings. The van der Waals surface area contributed by atoms with Crippen molar-refractivity contribution < 1.29 is 68.3 Å². The molecule has 0 unspecified atom stereocenters. The van der Waals surface area contributed by atoms with Crippen molar-refractivity contribution in [1.29, 1.82) is 0 Å². The van der Waals surface area contributed by atoms with E-state index in [4.69, 9.17) is 28.4 Å². The minimum atomic E-state index is -1.66. The molecule has 9 atom stereocenters. The molecule has 14 heteroatoms. The van der Waals surface area contributed by atoms with Crippen molar-refractivity contribution in [2.24, 2.45) is 17.8 Å². The zero-order chi connectivity index (χ0) is 33.6. The topological polar surface area (TPSA) is 208 Å². The van der Waals surface area contributed by atoms with Gasteiger partial charge in [0.25, 0.3) is 0 Å². The Labute approximate surface area is 266 Å². The van der Waals surface area contributed by atoms with Gasteiger partial charge in [-0.2, -0.15) is 0 Å². The predicted molar refractivity (Wildman–Crippen MR) is 157 cm³/mol. The first kappa shape index (κ1) is 35.3. The standard InChI is InChI=1S/C32H42O14/c1-17(2)12-25(38)46-30-26-22(10-11-32(26,40)16-34)20(14-41-30)15-42-31-29(27(39)28(43-18(3)35)23(13-33)44-31)45-24(37)9-6-19-4-7-21(36)8-5-19/h4-9,14,17,22-23,26-31,33-34,36,39-40H,10-13,15-16H2,1-3H3/t22-,23-,26-,27+,28+,29+,30+,31+,32-/m0/s1. The van der Waals surface area contributed by atoms with Crippen molar-refractivity contribution in [2.75, 3.05) is 19.8 Å². The van der Waals surface area contributed by atoms with E-state index < -0.39 is 85.6 Å². The van der Waals surface area contributed by atoms with Gasteiger partial charge in [0.05, 0.1) is 37.6 Å². The number of phenols is 1. The van der Waals surface area contributed by atoms with E-state index in [9.17, 15) is 39.9 Å². The summed E-state index contributed by atoms with van der Waals surface area (Å²) in [5.41, 5.74) is -0.498. The molecule has 0 radical (unpaired) electrons. The smallest absolute Gasteiger partial charge is 0.331 e. The maximum Gasteiger partial charge on any atom is 0.331 e. The Morgan fingerprint density at radius 1 is 1.07 bits per heavy atom. The molecule has 1 saturated heterocycles. The lowest BCUT2D eigenvalue weighted by atomic mass is 9.81. The summed E-state index contributed by atoms with van der Waals surface area (Å²) in [4.78, 5) is 37.0. The maximum atomic E-state index is 12.8. The normalized spacial score (nSPS) is 32.4. The second-order valence-electron chi connectivity index (χ2n) is 12.1. The Morgan fingerprint density at radius 3 is 2.41 bits per heavy atom. The summed E-state index contributed by atoms with van der Waals surface area (Å²) in [5, 5.41) is 51.8. The largest absolute Gasteiger partial charge is 0.508 e. The van der Waals surface area contributed by atoms with Crippen LogP contribution in [0.3, 0.4) is 0 Å². The highest BCUT2D eigenvalue weighted by molar-refractivity contribution is 5.87. The van der Waals surface area contributed by atoms with Gasteiger partial charge in [0.2, 0.25) is 6.29 Å². The molecular formula is C32H42O14. The summed E-state index contributed by atoms with van der Waals surface area (Å²) in [6.07, 6.45) is -3.81. The van der Waals surface area contributed by atoms with Crippen LogP contribution in [0.15, 0.2) is 42.2 Å². The molecule has 2 aliphatic heterocycles. The van der Waals surface area contributed by atoms with Crippen molar-refractivity contribution in [3.05, 3.63) is 47.7 Å². The zero-order valence-corrected chi connectivity index (χ0v) is 25.9. The van der Waals surface area contributed by atoms with Crippen molar-refractivity contribution >= 4 is 24.0 Å². The van der Waals surface area contributed by atoms with Crippen LogP contribution >= 0.6 is 0 Å². The van der Waals surface area contributed by atoms with Crippen LogP contribution in [0.1, 0.15) is 45.6 Å². The zero-order valence-electron chi connectivity index (χ0n) is 25.9.